The predicted octanol–water partition coefficient (Wildman–Crippen LogP) is 1.82. The first-order chi connectivity index (χ1) is 6.89. The van der Waals surface area contributed by atoms with Crippen molar-refractivity contribution in [1.29, 1.82) is 0 Å². The number of phenolic OH excluding ortho intramolecular Hbond substituents is 1. The fourth-order valence-electron chi connectivity index (χ4n) is 1.41. The molecule has 0 atom stereocenters. The lowest BCUT2D eigenvalue weighted by Gasteiger charge is -2.31. The Bertz CT molecular complexity index is 439. The Morgan fingerprint density at radius 3 is 2.67 bits per heavy atom. The number of aromatic hydroxyl groups is 1. The van der Waals surface area contributed by atoms with Gasteiger partial charge in [0, 0.05) is 26.0 Å². The third-order valence-electron chi connectivity index (χ3n) is 1.94. The maximum absolute atomic E-state index is 12.9. The first-order valence-corrected chi connectivity index (χ1v) is 4.34. The van der Waals surface area contributed by atoms with Gasteiger partial charge in [-0.05, 0) is 0 Å². The third-order valence-corrected chi connectivity index (χ3v) is 1.94. The van der Waals surface area contributed by atoms with Gasteiger partial charge in [0.05, 0.1) is 0 Å². The Hall–Kier alpha value is -1.78. The highest BCUT2D eigenvalue weighted by Crippen LogP contribution is 2.36. The molecule has 0 radical (unpaired) electrons. The zero-order valence-electron chi connectivity index (χ0n) is 8.20. The van der Waals surface area contributed by atoms with E-state index in [0.29, 0.717) is 0 Å². The molecular weight excluding hydrogens is 203 g/mol. The van der Waals surface area contributed by atoms with Crippen molar-refractivity contribution < 1.29 is 23.8 Å². The quantitative estimate of drug-likeness (QED) is 0.666. The number of rotatable bonds is 0. The first kappa shape index (κ1) is 9.76. The minimum Gasteiger partial charge on any atom is -0.507 e. The molecule has 1 aliphatic heterocycles. The summed E-state index contributed by atoms with van der Waals surface area (Å²) in [5.41, 5.74) is -0.143. The second kappa shape index (κ2) is 2.85. The molecule has 80 valence electrons. The van der Waals surface area contributed by atoms with Gasteiger partial charge in [0.25, 0.3) is 0 Å². The summed E-state index contributed by atoms with van der Waals surface area (Å²) in [6.07, 6.45) is 0. The maximum Gasteiger partial charge on any atom is 0.349 e. The molecule has 4 nitrogen and oxygen atoms in total. The topological polar surface area (TPSA) is 55.8 Å². The van der Waals surface area contributed by atoms with Crippen molar-refractivity contribution >= 4 is 5.97 Å². The van der Waals surface area contributed by atoms with E-state index in [1.807, 2.05) is 0 Å². The average molecular weight is 212 g/mol. The summed E-state index contributed by atoms with van der Waals surface area (Å²) >= 11 is 0. The number of esters is 1. The zero-order chi connectivity index (χ0) is 11.2. The van der Waals surface area contributed by atoms with Crippen LogP contribution in [0, 0.1) is 5.82 Å². The second-order valence-corrected chi connectivity index (χ2v) is 3.69. The van der Waals surface area contributed by atoms with Gasteiger partial charge in [0.15, 0.2) is 0 Å². The van der Waals surface area contributed by atoms with Crippen LogP contribution in [0.15, 0.2) is 12.1 Å². The van der Waals surface area contributed by atoms with E-state index in [4.69, 9.17) is 9.47 Å². The molecular formula is C10H9FO4. The van der Waals surface area contributed by atoms with Gasteiger partial charge in [-0.15, -0.1) is 0 Å². The standard InChI is InChI=1S/C10H9FO4/c1-10(2)14-7-4-5(11)3-6(12)8(7)9(13)15-10/h3-4,12H,1-2H3. The summed E-state index contributed by atoms with van der Waals surface area (Å²) in [5, 5.41) is 9.36. The van der Waals surface area contributed by atoms with Gasteiger partial charge < -0.3 is 14.6 Å². The molecule has 1 aliphatic rings. The lowest BCUT2D eigenvalue weighted by molar-refractivity contribution is -0.127. The van der Waals surface area contributed by atoms with E-state index >= 15 is 0 Å². The van der Waals surface area contributed by atoms with Crippen LogP contribution in [-0.4, -0.2) is 16.9 Å². The van der Waals surface area contributed by atoms with E-state index in [1.54, 1.807) is 0 Å². The molecule has 15 heavy (non-hydrogen) atoms. The fraction of sp³-hybridized carbons (Fsp3) is 0.300. The minimum absolute atomic E-state index is 0.00579. The molecule has 1 heterocycles. The minimum atomic E-state index is -1.15. The van der Waals surface area contributed by atoms with Crippen LogP contribution in [0.1, 0.15) is 24.2 Å². The van der Waals surface area contributed by atoms with E-state index in [9.17, 15) is 14.3 Å². The van der Waals surface area contributed by atoms with Crippen molar-refractivity contribution in [2.75, 3.05) is 0 Å². The van der Waals surface area contributed by atoms with Crippen LogP contribution in [-0.2, 0) is 4.74 Å². The molecule has 1 N–H and O–H groups in total. The predicted molar refractivity (Wildman–Crippen MR) is 48.2 cm³/mol. The number of ether oxygens (including phenoxy) is 2. The molecule has 0 saturated carbocycles. The van der Waals surface area contributed by atoms with Crippen LogP contribution in [0.3, 0.4) is 0 Å². The Labute approximate surface area is 85.2 Å². The van der Waals surface area contributed by atoms with Crippen LogP contribution in [0.25, 0.3) is 0 Å². The summed E-state index contributed by atoms with van der Waals surface area (Å²) < 4.78 is 23.0. The van der Waals surface area contributed by atoms with E-state index < -0.39 is 23.3 Å². The van der Waals surface area contributed by atoms with Gasteiger partial charge >= 0.3 is 5.97 Å². The monoisotopic (exact) mass is 212 g/mol. The third kappa shape index (κ3) is 1.60. The van der Waals surface area contributed by atoms with Crippen molar-refractivity contribution in [3.63, 3.8) is 0 Å². The lowest BCUT2D eigenvalue weighted by atomic mass is 10.1. The zero-order valence-corrected chi connectivity index (χ0v) is 8.20. The SMILES string of the molecule is CC1(C)OC(=O)c2c(O)cc(F)cc2O1. The molecule has 5 heteroatoms. The van der Waals surface area contributed by atoms with E-state index in [-0.39, 0.29) is 11.3 Å². The normalized spacial score (nSPS) is 17.7. The average Bonchev–Trinajstić information content (AvgIpc) is 1.97. The number of hydrogen-bond acceptors (Lipinski definition) is 4. The number of cyclic esters (lactones) is 1. The summed E-state index contributed by atoms with van der Waals surface area (Å²) in [6, 6.07) is 1.87. The summed E-state index contributed by atoms with van der Waals surface area (Å²) in [6.45, 7) is 3.05. The second-order valence-electron chi connectivity index (χ2n) is 3.69. The molecule has 0 aliphatic carbocycles. The molecule has 0 amide bonds. The molecule has 0 bridgehead atoms. The van der Waals surface area contributed by atoms with Gasteiger partial charge in [-0.3, -0.25) is 0 Å². The van der Waals surface area contributed by atoms with Crippen LogP contribution >= 0.6 is 0 Å². The number of benzene rings is 1. The number of carbonyl (C=O) groups is 1. The summed E-state index contributed by atoms with van der Waals surface area (Å²) in [4.78, 5) is 11.4. The number of phenols is 1. The fourth-order valence-corrected chi connectivity index (χ4v) is 1.41. The highest BCUT2D eigenvalue weighted by atomic mass is 19.1. The molecule has 0 spiro atoms. The van der Waals surface area contributed by atoms with E-state index in [2.05, 4.69) is 0 Å². The smallest absolute Gasteiger partial charge is 0.349 e. The van der Waals surface area contributed by atoms with Gasteiger partial charge in [0.1, 0.15) is 22.9 Å². The molecule has 0 fully saturated rings. The summed E-state index contributed by atoms with van der Waals surface area (Å²) in [7, 11) is 0. The molecule has 0 unspecified atom stereocenters. The molecule has 0 aromatic heterocycles. The van der Waals surface area contributed by atoms with Crippen molar-refractivity contribution in [3.05, 3.63) is 23.5 Å². The molecule has 1 aromatic rings. The van der Waals surface area contributed by atoms with Crippen LogP contribution in [0.2, 0.25) is 0 Å². The van der Waals surface area contributed by atoms with Gasteiger partial charge in [-0.1, -0.05) is 0 Å². The Balaban J connectivity index is 2.60. The number of halogens is 1. The maximum atomic E-state index is 12.9. The van der Waals surface area contributed by atoms with Crippen molar-refractivity contribution in [1.82, 2.24) is 0 Å². The Morgan fingerprint density at radius 1 is 1.33 bits per heavy atom. The number of hydrogen-bond donors (Lipinski definition) is 1. The van der Waals surface area contributed by atoms with Gasteiger partial charge in [0.2, 0.25) is 5.79 Å². The summed E-state index contributed by atoms with van der Waals surface area (Å²) in [5.74, 6) is -3.03. The molecule has 2 rings (SSSR count). The lowest BCUT2D eigenvalue weighted by Crippen LogP contribution is -2.38. The first-order valence-electron chi connectivity index (χ1n) is 4.34. The van der Waals surface area contributed by atoms with Crippen LogP contribution in [0.5, 0.6) is 11.5 Å². The van der Waals surface area contributed by atoms with Gasteiger partial charge in [-0.2, -0.15) is 0 Å². The molecule has 0 saturated heterocycles. The highest BCUT2D eigenvalue weighted by molar-refractivity contribution is 5.96. The van der Waals surface area contributed by atoms with Crippen LogP contribution in [0.4, 0.5) is 4.39 Å². The van der Waals surface area contributed by atoms with Crippen LogP contribution < -0.4 is 4.74 Å². The van der Waals surface area contributed by atoms with E-state index in [0.717, 1.165) is 12.1 Å². The Morgan fingerprint density at radius 2 is 2.00 bits per heavy atom. The largest absolute Gasteiger partial charge is 0.507 e. The van der Waals surface area contributed by atoms with Gasteiger partial charge in [-0.25, -0.2) is 9.18 Å². The highest BCUT2D eigenvalue weighted by Gasteiger charge is 2.36. The Kier molecular flexibility index (Phi) is 1.86. The van der Waals surface area contributed by atoms with Crippen molar-refractivity contribution in [2.45, 2.75) is 19.6 Å². The molecule has 1 aromatic carbocycles. The number of fused-ring (bicyclic) bond motifs is 1. The number of carbonyl (C=O) groups excluding carboxylic acids is 1. The van der Waals surface area contributed by atoms with E-state index in [1.165, 1.54) is 13.8 Å². The van der Waals surface area contributed by atoms with Crippen molar-refractivity contribution in [2.24, 2.45) is 0 Å². The van der Waals surface area contributed by atoms with Crippen molar-refractivity contribution in [3.8, 4) is 11.5 Å².